The highest BCUT2D eigenvalue weighted by molar-refractivity contribution is 5.96. The fourth-order valence-corrected chi connectivity index (χ4v) is 2.12. The standard InChI is InChI=1S/C16H15NO3/c1-2-15(18)14(17-16(19)20)10-11-7-8-12-5-3-4-6-13(12)9-11/h2-9,14,17H,1,10H2,(H,19,20). The first-order chi connectivity index (χ1) is 9.60. The van der Waals surface area contributed by atoms with Crippen LogP contribution < -0.4 is 5.32 Å². The van der Waals surface area contributed by atoms with Gasteiger partial charge in [-0.25, -0.2) is 4.79 Å². The van der Waals surface area contributed by atoms with E-state index in [1.54, 1.807) is 0 Å². The molecule has 0 bridgehead atoms. The third-order valence-electron chi connectivity index (χ3n) is 3.10. The number of carbonyl (C=O) groups excluding carboxylic acids is 1. The Labute approximate surface area is 116 Å². The van der Waals surface area contributed by atoms with Crippen molar-refractivity contribution in [3.05, 3.63) is 60.7 Å². The number of rotatable bonds is 5. The highest BCUT2D eigenvalue weighted by Gasteiger charge is 2.18. The van der Waals surface area contributed by atoms with Gasteiger partial charge in [-0.15, -0.1) is 0 Å². The first-order valence-corrected chi connectivity index (χ1v) is 6.23. The van der Waals surface area contributed by atoms with Gasteiger partial charge in [0.2, 0.25) is 0 Å². The molecule has 102 valence electrons. The molecule has 1 amide bonds. The molecule has 0 aromatic heterocycles. The molecule has 2 aromatic rings. The van der Waals surface area contributed by atoms with Gasteiger partial charge in [-0.3, -0.25) is 4.79 Å². The van der Waals surface area contributed by atoms with E-state index in [1.807, 2.05) is 42.5 Å². The van der Waals surface area contributed by atoms with Crippen molar-refractivity contribution in [1.82, 2.24) is 5.32 Å². The van der Waals surface area contributed by atoms with Crippen molar-refractivity contribution >= 4 is 22.6 Å². The molecular formula is C16H15NO3. The van der Waals surface area contributed by atoms with Gasteiger partial charge in [-0.1, -0.05) is 49.0 Å². The largest absolute Gasteiger partial charge is 0.465 e. The lowest BCUT2D eigenvalue weighted by Gasteiger charge is -2.14. The third-order valence-corrected chi connectivity index (χ3v) is 3.10. The first kappa shape index (κ1) is 13.8. The van der Waals surface area contributed by atoms with E-state index in [-0.39, 0.29) is 5.78 Å². The van der Waals surface area contributed by atoms with Crippen LogP contribution in [0, 0.1) is 0 Å². The van der Waals surface area contributed by atoms with Crippen molar-refractivity contribution in [3.8, 4) is 0 Å². The monoisotopic (exact) mass is 269 g/mol. The molecule has 0 aliphatic carbocycles. The number of fused-ring (bicyclic) bond motifs is 1. The molecule has 0 saturated carbocycles. The van der Waals surface area contributed by atoms with E-state index < -0.39 is 12.1 Å². The Balaban J connectivity index is 2.25. The quantitative estimate of drug-likeness (QED) is 0.820. The molecule has 20 heavy (non-hydrogen) atoms. The number of carboxylic acid groups (broad SMARTS) is 1. The molecule has 0 aliphatic heterocycles. The molecule has 0 spiro atoms. The van der Waals surface area contributed by atoms with E-state index in [0.29, 0.717) is 6.42 Å². The Kier molecular flexibility index (Phi) is 4.15. The second kappa shape index (κ2) is 6.02. The maximum Gasteiger partial charge on any atom is 0.405 e. The van der Waals surface area contributed by atoms with Crippen molar-refractivity contribution in [2.24, 2.45) is 0 Å². The van der Waals surface area contributed by atoms with Gasteiger partial charge in [0.1, 0.15) is 0 Å². The van der Waals surface area contributed by atoms with E-state index in [4.69, 9.17) is 5.11 Å². The molecule has 0 aliphatic rings. The van der Waals surface area contributed by atoms with Gasteiger partial charge >= 0.3 is 6.09 Å². The zero-order valence-corrected chi connectivity index (χ0v) is 10.9. The number of amides is 1. The predicted molar refractivity (Wildman–Crippen MR) is 77.8 cm³/mol. The summed E-state index contributed by atoms with van der Waals surface area (Å²) >= 11 is 0. The van der Waals surface area contributed by atoms with Crippen LogP contribution in [0.25, 0.3) is 10.8 Å². The highest BCUT2D eigenvalue weighted by atomic mass is 16.4. The normalized spacial score (nSPS) is 11.8. The van der Waals surface area contributed by atoms with Crippen molar-refractivity contribution < 1.29 is 14.7 Å². The van der Waals surface area contributed by atoms with Crippen LogP contribution in [-0.4, -0.2) is 23.0 Å². The minimum absolute atomic E-state index is 0.308. The Morgan fingerprint density at radius 1 is 1.20 bits per heavy atom. The Morgan fingerprint density at radius 3 is 2.55 bits per heavy atom. The fraction of sp³-hybridized carbons (Fsp3) is 0.125. The minimum atomic E-state index is -1.22. The van der Waals surface area contributed by atoms with Gasteiger partial charge < -0.3 is 10.4 Å². The average molecular weight is 269 g/mol. The topological polar surface area (TPSA) is 66.4 Å². The van der Waals surface area contributed by atoms with Gasteiger partial charge in [-0.05, 0) is 22.4 Å². The van der Waals surface area contributed by atoms with Crippen molar-refractivity contribution in [2.45, 2.75) is 12.5 Å². The van der Waals surface area contributed by atoms with Gasteiger partial charge in [-0.2, -0.15) is 0 Å². The molecule has 0 saturated heterocycles. The van der Waals surface area contributed by atoms with Crippen LogP contribution in [-0.2, 0) is 11.2 Å². The lowest BCUT2D eigenvalue weighted by Crippen LogP contribution is -2.40. The van der Waals surface area contributed by atoms with Crippen LogP contribution in [0.5, 0.6) is 0 Å². The molecule has 1 unspecified atom stereocenters. The van der Waals surface area contributed by atoms with E-state index in [0.717, 1.165) is 22.4 Å². The number of ketones is 1. The summed E-state index contributed by atoms with van der Waals surface area (Å²) in [6.07, 6.45) is 0.231. The number of benzene rings is 2. The van der Waals surface area contributed by atoms with Gasteiger partial charge in [0.25, 0.3) is 0 Å². The number of hydrogen-bond donors (Lipinski definition) is 2. The van der Waals surface area contributed by atoms with Crippen LogP contribution in [0.3, 0.4) is 0 Å². The third kappa shape index (κ3) is 3.23. The van der Waals surface area contributed by atoms with Crippen molar-refractivity contribution in [1.29, 1.82) is 0 Å². The van der Waals surface area contributed by atoms with Crippen LogP contribution in [0.15, 0.2) is 55.1 Å². The maximum atomic E-state index is 11.7. The van der Waals surface area contributed by atoms with Crippen molar-refractivity contribution in [3.63, 3.8) is 0 Å². The first-order valence-electron chi connectivity index (χ1n) is 6.23. The fourth-order valence-electron chi connectivity index (χ4n) is 2.12. The van der Waals surface area contributed by atoms with E-state index in [2.05, 4.69) is 11.9 Å². The Hall–Kier alpha value is -2.62. The summed E-state index contributed by atoms with van der Waals surface area (Å²) in [5, 5.41) is 13.2. The van der Waals surface area contributed by atoms with Gasteiger partial charge in [0.05, 0.1) is 6.04 Å². The molecule has 0 fully saturated rings. The molecule has 2 aromatic carbocycles. The predicted octanol–water partition coefficient (Wildman–Crippen LogP) is 2.77. The highest BCUT2D eigenvalue weighted by Crippen LogP contribution is 2.17. The van der Waals surface area contributed by atoms with Gasteiger partial charge in [0, 0.05) is 6.42 Å². The van der Waals surface area contributed by atoms with Crippen LogP contribution >= 0.6 is 0 Å². The summed E-state index contributed by atoms with van der Waals surface area (Å²) in [4.78, 5) is 22.4. The molecule has 0 radical (unpaired) electrons. The summed E-state index contributed by atoms with van der Waals surface area (Å²) in [7, 11) is 0. The molecule has 0 heterocycles. The second-order valence-corrected chi connectivity index (χ2v) is 4.49. The number of hydrogen-bond acceptors (Lipinski definition) is 2. The zero-order valence-electron chi connectivity index (χ0n) is 10.9. The summed E-state index contributed by atoms with van der Waals surface area (Å²) in [6, 6.07) is 12.9. The van der Waals surface area contributed by atoms with E-state index in [9.17, 15) is 9.59 Å². The lowest BCUT2D eigenvalue weighted by atomic mass is 9.99. The van der Waals surface area contributed by atoms with E-state index >= 15 is 0 Å². The average Bonchev–Trinajstić information content (AvgIpc) is 2.45. The molecule has 4 nitrogen and oxygen atoms in total. The summed E-state index contributed by atoms with van der Waals surface area (Å²) < 4.78 is 0. The van der Waals surface area contributed by atoms with Crippen LogP contribution in [0.1, 0.15) is 5.56 Å². The van der Waals surface area contributed by atoms with Crippen LogP contribution in [0.4, 0.5) is 4.79 Å². The smallest absolute Gasteiger partial charge is 0.405 e. The molecular weight excluding hydrogens is 254 g/mol. The zero-order chi connectivity index (χ0) is 14.5. The van der Waals surface area contributed by atoms with Gasteiger partial charge in [0.15, 0.2) is 5.78 Å². The molecule has 2 rings (SSSR count). The summed E-state index contributed by atoms with van der Waals surface area (Å²) in [5.74, 6) is -0.333. The number of nitrogens with one attached hydrogen (secondary N) is 1. The van der Waals surface area contributed by atoms with E-state index in [1.165, 1.54) is 0 Å². The molecule has 1 atom stereocenters. The van der Waals surface area contributed by atoms with Crippen molar-refractivity contribution in [2.75, 3.05) is 0 Å². The van der Waals surface area contributed by atoms with Crippen LogP contribution in [0.2, 0.25) is 0 Å². The second-order valence-electron chi connectivity index (χ2n) is 4.49. The maximum absolute atomic E-state index is 11.7. The number of carbonyl (C=O) groups is 2. The Morgan fingerprint density at radius 2 is 1.90 bits per heavy atom. The molecule has 2 N–H and O–H groups in total. The lowest BCUT2D eigenvalue weighted by molar-refractivity contribution is -0.116. The Bertz CT molecular complexity index is 664. The summed E-state index contributed by atoms with van der Waals surface area (Å²) in [5.41, 5.74) is 0.901. The minimum Gasteiger partial charge on any atom is -0.465 e. The molecule has 4 heteroatoms. The SMILES string of the molecule is C=CC(=O)C(Cc1ccc2ccccc2c1)NC(=O)O. The summed E-state index contributed by atoms with van der Waals surface area (Å²) in [6.45, 7) is 3.40.